The molecule has 0 radical (unpaired) electrons. The predicted molar refractivity (Wildman–Crippen MR) is 137 cm³/mol. The molecule has 5 heteroatoms. The number of fused-ring (bicyclic) bond motifs is 2. The van der Waals surface area contributed by atoms with Gasteiger partial charge in [0.2, 0.25) is 5.91 Å². The van der Waals surface area contributed by atoms with Crippen LogP contribution in [0.4, 0.5) is 0 Å². The van der Waals surface area contributed by atoms with Crippen LogP contribution in [0.3, 0.4) is 0 Å². The highest BCUT2D eigenvalue weighted by atomic mass is 16.5. The van der Waals surface area contributed by atoms with Crippen molar-refractivity contribution in [3.63, 3.8) is 0 Å². The van der Waals surface area contributed by atoms with E-state index in [9.17, 15) is 15.0 Å². The van der Waals surface area contributed by atoms with Crippen LogP contribution in [0.15, 0.2) is 48.1 Å². The van der Waals surface area contributed by atoms with E-state index in [2.05, 4.69) is 18.2 Å². The van der Waals surface area contributed by atoms with Crippen LogP contribution in [-0.4, -0.2) is 48.3 Å². The van der Waals surface area contributed by atoms with Gasteiger partial charge in [-0.05, 0) is 62.6 Å². The van der Waals surface area contributed by atoms with Gasteiger partial charge in [-0.1, -0.05) is 55.2 Å². The maximum absolute atomic E-state index is 11.6. The number of aliphatic hydroxyl groups excluding tert-OH is 1. The quantitative estimate of drug-likeness (QED) is 0.277. The van der Waals surface area contributed by atoms with Crippen LogP contribution in [-0.2, 0) is 9.53 Å². The Labute approximate surface area is 205 Å². The summed E-state index contributed by atoms with van der Waals surface area (Å²) >= 11 is 0. The average molecular weight is 470 g/mol. The lowest BCUT2D eigenvalue weighted by atomic mass is 9.65. The Bertz CT molecular complexity index is 829. The minimum absolute atomic E-state index is 0.0103. The molecule has 0 aromatic heterocycles. The smallest absolute Gasteiger partial charge is 0.222 e. The molecule has 2 N–H and O–H groups in total. The van der Waals surface area contributed by atoms with Crippen LogP contribution in [0.5, 0.6) is 5.75 Å². The molecule has 2 aliphatic rings. The number of aromatic hydroxyl groups is 1. The summed E-state index contributed by atoms with van der Waals surface area (Å²) in [6.07, 6.45) is 18.4. The van der Waals surface area contributed by atoms with Crippen LogP contribution in [0, 0.1) is 11.3 Å². The van der Waals surface area contributed by atoms with E-state index >= 15 is 0 Å². The Hall–Kier alpha value is -2.11. The Kier molecular flexibility index (Phi) is 10.2. The standard InChI is InChI=1S/C29H43NO4/c1-30(2)27(33)13-11-9-7-5-3-4-6-8-10-12-23-18-19-29(21-31)20-26(23)28(34-22-29)24-14-16-25(32)17-15-24/h6,8,14-18,26,28,31-32H,3-5,7,9-13,19-22H2,1-2H3/b8-6+. The molecule has 1 amide bonds. The zero-order chi connectivity index (χ0) is 24.4. The van der Waals surface area contributed by atoms with Gasteiger partial charge in [0.15, 0.2) is 0 Å². The SMILES string of the molecule is CN(C)C(=O)CCCCCCC/C=C/CCC1=CCC2(CO)COC(c3ccc(O)cc3)C1C2. The average Bonchev–Trinajstić information content (AvgIpc) is 2.84. The van der Waals surface area contributed by atoms with E-state index in [0.29, 0.717) is 13.0 Å². The van der Waals surface area contributed by atoms with Crippen LogP contribution in [0.2, 0.25) is 0 Å². The molecule has 2 bridgehead atoms. The Morgan fingerprint density at radius 3 is 2.53 bits per heavy atom. The number of carbonyl (C=O) groups is 1. The number of allylic oxidation sites excluding steroid dienone is 3. The number of amides is 1. The summed E-state index contributed by atoms with van der Waals surface area (Å²) in [5.41, 5.74) is 2.40. The Morgan fingerprint density at radius 2 is 1.79 bits per heavy atom. The van der Waals surface area contributed by atoms with Crippen molar-refractivity contribution in [3.8, 4) is 5.75 Å². The first kappa shape index (κ1) is 26.5. The van der Waals surface area contributed by atoms with Gasteiger partial charge in [-0.2, -0.15) is 0 Å². The number of phenolic OH excluding ortho intramolecular Hbond substituents is 1. The summed E-state index contributed by atoms with van der Waals surface area (Å²) < 4.78 is 6.30. The topological polar surface area (TPSA) is 70.0 Å². The third-order valence-corrected chi connectivity index (χ3v) is 7.44. The van der Waals surface area contributed by atoms with Gasteiger partial charge in [0, 0.05) is 31.8 Å². The Morgan fingerprint density at radius 1 is 1.09 bits per heavy atom. The van der Waals surface area contributed by atoms with Crippen molar-refractivity contribution in [2.45, 2.75) is 76.7 Å². The molecule has 1 saturated heterocycles. The van der Waals surface area contributed by atoms with Crippen molar-refractivity contribution in [2.24, 2.45) is 11.3 Å². The predicted octanol–water partition coefficient (Wildman–Crippen LogP) is 5.93. The molecular weight excluding hydrogens is 426 g/mol. The van der Waals surface area contributed by atoms with Gasteiger partial charge in [-0.15, -0.1) is 0 Å². The van der Waals surface area contributed by atoms with Gasteiger partial charge in [0.1, 0.15) is 5.75 Å². The zero-order valence-electron chi connectivity index (χ0n) is 21.0. The van der Waals surface area contributed by atoms with Crippen LogP contribution < -0.4 is 0 Å². The summed E-state index contributed by atoms with van der Waals surface area (Å²) in [4.78, 5) is 13.2. The van der Waals surface area contributed by atoms with Crippen molar-refractivity contribution >= 4 is 5.91 Å². The second-order valence-corrected chi connectivity index (χ2v) is 10.4. The Balaban J connectivity index is 1.40. The third-order valence-electron chi connectivity index (χ3n) is 7.44. The van der Waals surface area contributed by atoms with E-state index in [1.807, 2.05) is 26.2 Å². The first-order chi connectivity index (χ1) is 16.4. The van der Waals surface area contributed by atoms with Gasteiger partial charge in [-0.25, -0.2) is 0 Å². The van der Waals surface area contributed by atoms with Crippen molar-refractivity contribution in [1.82, 2.24) is 4.90 Å². The number of carbonyl (C=O) groups excluding carboxylic acids is 1. The lowest BCUT2D eigenvalue weighted by molar-refractivity contribution is -0.128. The molecule has 34 heavy (non-hydrogen) atoms. The summed E-state index contributed by atoms with van der Waals surface area (Å²) in [6, 6.07) is 7.37. The molecule has 1 fully saturated rings. The summed E-state index contributed by atoms with van der Waals surface area (Å²) in [6.45, 7) is 0.753. The van der Waals surface area contributed by atoms with Crippen molar-refractivity contribution < 1.29 is 19.7 Å². The molecule has 3 atom stereocenters. The highest BCUT2D eigenvalue weighted by Gasteiger charge is 2.45. The third kappa shape index (κ3) is 7.44. The molecule has 188 valence electrons. The molecule has 3 unspecified atom stereocenters. The maximum atomic E-state index is 11.6. The molecule has 0 saturated carbocycles. The van der Waals surface area contributed by atoms with Gasteiger partial charge in [0.05, 0.1) is 19.3 Å². The summed E-state index contributed by atoms with van der Waals surface area (Å²) in [5.74, 6) is 0.785. The van der Waals surface area contributed by atoms with E-state index in [4.69, 9.17) is 4.74 Å². The number of ether oxygens (including phenoxy) is 1. The van der Waals surface area contributed by atoms with E-state index in [0.717, 1.165) is 50.5 Å². The maximum Gasteiger partial charge on any atom is 0.222 e. The normalized spacial score (nSPS) is 24.3. The first-order valence-corrected chi connectivity index (χ1v) is 13.0. The van der Waals surface area contributed by atoms with Crippen molar-refractivity contribution in [1.29, 1.82) is 0 Å². The fraction of sp³-hybridized carbons (Fsp3) is 0.621. The number of benzene rings is 1. The lowest BCUT2D eigenvalue weighted by Gasteiger charge is -2.47. The number of hydrogen-bond acceptors (Lipinski definition) is 4. The van der Waals surface area contributed by atoms with Crippen molar-refractivity contribution in [2.75, 3.05) is 27.3 Å². The second-order valence-electron chi connectivity index (χ2n) is 10.4. The van der Waals surface area contributed by atoms with Crippen molar-refractivity contribution in [3.05, 3.63) is 53.6 Å². The van der Waals surface area contributed by atoms with Gasteiger partial charge < -0.3 is 19.8 Å². The zero-order valence-corrected chi connectivity index (χ0v) is 21.0. The minimum atomic E-state index is -0.142. The number of hydrogen-bond donors (Lipinski definition) is 2. The fourth-order valence-electron chi connectivity index (χ4n) is 5.21. The van der Waals surface area contributed by atoms with Crippen LogP contribution in [0.25, 0.3) is 0 Å². The molecule has 0 spiro atoms. The van der Waals surface area contributed by atoms with E-state index in [1.54, 1.807) is 17.0 Å². The van der Waals surface area contributed by atoms with Crippen LogP contribution >= 0.6 is 0 Å². The molecule has 1 aromatic carbocycles. The number of aliphatic hydroxyl groups is 1. The van der Waals surface area contributed by atoms with E-state index < -0.39 is 0 Å². The van der Waals surface area contributed by atoms with Gasteiger partial charge in [0.25, 0.3) is 0 Å². The molecule has 1 heterocycles. The minimum Gasteiger partial charge on any atom is -0.508 e. The van der Waals surface area contributed by atoms with E-state index in [1.165, 1.54) is 24.8 Å². The number of unbranched alkanes of at least 4 members (excludes halogenated alkanes) is 5. The summed E-state index contributed by atoms with van der Waals surface area (Å²) in [5, 5.41) is 19.7. The molecule has 1 aliphatic carbocycles. The van der Waals surface area contributed by atoms with E-state index in [-0.39, 0.29) is 35.7 Å². The number of rotatable bonds is 13. The molecule has 1 aromatic rings. The van der Waals surface area contributed by atoms with Gasteiger partial charge >= 0.3 is 0 Å². The highest BCUT2D eigenvalue weighted by Crippen LogP contribution is 2.51. The monoisotopic (exact) mass is 469 g/mol. The molecule has 5 nitrogen and oxygen atoms in total. The largest absolute Gasteiger partial charge is 0.508 e. The molecule has 3 rings (SSSR count). The molecular formula is C29H43NO4. The number of nitrogens with zero attached hydrogens (tertiary/aromatic N) is 1. The second kappa shape index (κ2) is 13.1. The highest BCUT2D eigenvalue weighted by molar-refractivity contribution is 5.75. The van der Waals surface area contributed by atoms with Gasteiger partial charge in [-0.3, -0.25) is 4.79 Å². The summed E-state index contributed by atoms with van der Waals surface area (Å²) in [7, 11) is 3.64. The van der Waals surface area contributed by atoms with Crippen LogP contribution in [0.1, 0.15) is 82.3 Å². The lowest BCUT2D eigenvalue weighted by Crippen LogP contribution is -2.43. The number of phenols is 1. The molecule has 1 aliphatic heterocycles. The first-order valence-electron chi connectivity index (χ1n) is 13.0. The fourth-order valence-corrected chi connectivity index (χ4v) is 5.21.